The lowest BCUT2D eigenvalue weighted by Crippen LogP contribution is -1.90. The van der Waals surface area contributed by atoms with Crippen LogP contribution in [0.5, 0.6) is 0 Å². The Kier molecular flexibility index (Phi) is 2.43. The van der Waals surface area contributed by atoms with Crippen LogP contribution in [0.25, 0.3) is 0 Å². The van der Waals surface area contributed by atoms with Crippen molar-refractivity contribution in [2.75, 3.05) is 6.54 Å². The maximum Gasteiger partial charge on any atom is 0.0599 e. The molecule has 1 heterocycles. The minimum atomic E-state index is 0.871. The van der Waals surface area contributed by atoms with E-state index >= 15 is 0 Å². The zero-order valence-corrected chi connectivity index (χ0v) is 6.59. The van der Waals surface area contributed by atoms with Gasteiger partial charge < -0.3 is 0 Å². The maximum absolute atomic E-state index is 4.19. The van der Waals surface area contributed by atoms with Crippen molar-refractivity contribution in [2.45, 2.75) is 20.3 Å². The minimum Gasteiger partial charge on any atom is -0.289 e. The third-order valence-corrected chi connectivity index (χ3v) is 1.81. The van der Waals surface area contributed by atoms with Crippen molar-refractivity contribution in [1.29, 1.82) is 0 Å². The first-order chi connectivity index (χ1) is 4.80. The van der Waals surface area contributed by atoms with Crippen molar-refractivity contribution < 1.29 is 0 Å². The van der Waals surface area contributed by atoms with Crippen LogP contribution in [0, 0.1) is 0 Å². The van der Waals surface area contributed by atoms with Gasteiger partial charge in [0.15, 0.2) is 0 Å². The predicted octanol–water partition coefficient (Wildman–Crippen LogP) is 2.35. The first-order valence-corrected chi connectivity index (χ1v) is 3.61. The summed E-state index contributed by atoms with van der Waals surface area (Å²) in [6, 6.07) is 0. The average molecular weight is 135 g/mol. The molecule has 0 aromatic carbocycles. The van der Waals surface area contributed by atoms with E-state index in [2.05, 4.69) is 24.9 Å². The van der Waals surface area contributed by atoms with E-state index in [1.165, 1.54) is 11.1 Å². The lowest BCUT2D eigenvalue weighted by atomic mass is 10.1. The highest BCUT2D eigenvalue weighted by Gasteiger charge is 1.94. The number of hydrogen-bond acceptors (Lipinski definition) is 1. The number of nitrogens with zero attached hydrogens (tertiary/aromatic N) is 1. The number of aliphatic imine (C=N–C) groups is 1. The molecule has 54 valence electrons. The van der Waals surface area contributed by atoms with Crippen LogP contribution in [-0.2, 0) is 0 Å². The second kappa shape index (κ2) is 3.35. The summed E-state index contributed by atoms with van der Waals surface area (Å²) in [5.41, 5.74) is 2.86. The van der Waals surface area contributed by atoms with Crippen LogP contribution in [0.2, 0.25) is 0 Å². The Morgan fingerprint density at radius 1 is 1.30 bits per heavy atom. The molecule has 0 fully saturated rings. The Bertz CT molecular complexity index is 175. The molecule has 0 aliphatic carbocycles. The highest BCUT2D eigenvalue weighted by atomic mass is 14.7. The molecule has 1 rings (SSSR count). The third-order valence-electron chi connectivity index (χ3n) is 1.81. The van der Waals surface area contributed by atoms with Crippen molar-refractivity contribution in [3.63, 3.8) is 0 Å². The van der Waals surface area contributed by atoms with E-state index in [-0.39, 0.29) is 0 Å². The topological polar surface area (TPSA) is 12.4 Å². The van der Waals surface area contributed by atoms with Crippen molar-refractivity contribution in [2.24, 2.45) is 4.99 Å². The highest BCUT2D eigenvalue weighted by Crippen LogP contribution is 2.09. The van der Waals surface area contributed by atoms with Gasteiger partial charge in [-0.1, -0.05) is 17.2 Å². The second-order valence-electron chi connectivity index (χ2n) is 2.68. The molecule has 0 saturated heterocycles. The van der Waals surface area contributed by atoms with Gasteiger partial charge in [-0.3, -0.25) is 4.99 Å². The van der Waals surface area contributed by atoms with E-state index in [0.29, 0.717) is 0 Å². The molecule has 0 spiro atoms. The monoisotopic (exact) mass is 135 g/mol. The Balaban J connectivity index is 2.77. The van der Waals surface area contributed by atoms with Crippen molar-refractivity contribution in [3.8, 4) is 0 Å². The summed E-state index contributed by atoms with van der Waals surface area (Å²) in [5.74, 6) is 0. The standard InChI is InChI=1S/C9H13N/c1-8-5-3-4-6-10-7-9(8)2/h3-4,6H,5,7H2,1-2H3/b4-3-,9-8-,10-6?. The fourth-order valence-corrected chi connectivity index (χ4v) is 0.865. The van der Waals surface area contributed by atoms with E-state index in [0.717, 1.165) is 13.0 Å². The SMILES string of the molecule is C/C1=C(\C)CN=C/C=C\C1. The van der Waals surface area contributed by atoms with Gasteiger partial charge in [0.25, 0.3) is 0 Å². The lowest BCUT2D eigenvalue weighted by Gasteiger charge is -2.03. The van der Waals surface area contributed by atoms with E-state index in [4.69, 9.17) is 0 Å². The van der Waals surface area contributed by atoms with E-state index in [1.54, 1.807) is 0 Å². The van der Waals surface area contributed by atoms with Crippen LogP contribution in [0.3, 0.4) is 0 Å². The highest BCUT2D eigenvalue weighted by molar-refractivity contribution is 5.71. The molecule has 0 saturated carbocycles. The van der Waals surface area contributed by atoms with Gasteiger partial charge in [-0.2, -0.15) is 0 Å². The first-order valence-electron chi connectivity index (χ1n) is 3.61. The average Bonchev–Trinajstić information content (AvgIpc) is 1.92. The fraction of sp³-hybridized carbons (Fsp3) is 0.444. The van der Waals surface area contributed by atoms with Gasteiger partial charge in [0.05, 0.1) is 6.54 Å². The molecule has 0 radical (unpaired) electrons. The van der Waals surface area contributed by atoms with Crippen molar-refractivity contribution >= 4 is 6.21 Å². The first kappa shape index (κ1) is 7.26. The van der Waals surface area contributed by atoms with Gasteiger partial charge in [0.1, 0.15) is 0 Å². The van der Waals surface area contributed by atoms with Crippen LogP contribution in [-0.4, -0.2) is 12.8 Å². The molecular formula is C9H13N. The van der Waals surface area contributed by atoms with E-state index in [1.807, 2.05) is 12.3 Å². The molecule has 1 aliphatic rings. The molecule has 0 atom stereocenters. The van der Waals surface area contributed by atoms with Gasteiger partial charge >= 0.3 is 0 Å². The third kappa shape index (κ3) is 1.83. The number of rotatable bonds is 0. The molecule has 0 amide bonds. The summed E-state index contributed by atoms with van der Waals surface area (Å²) in [6.45, 7) is 5.18. The smallest absolute Gasteiger partial charge is 0.0599 e. The molecule has 0 N–H and O–H groups in total. The number of allylic oxidation sites excluding steroid dienone is 3. The van der Waals surface area contributed by atoms with Gasteiger partial charge in [-0.25, -0.2) is 0 Å². The molecule has 10 heavy (non-hydrogen) atoms. The Morgan fingerprint density at radius 2 is 2.10 bits per heavy atom. The molecular weight excluding hydrogens is 122 g/mol. The zero-order chi connectivity index (χ0) is 7.40. The van der Waals surface area contributed by atoms with Gasteiger partial charge in [-0.15, -0.1) is 0 Å². The Morgan fingerprint density at radius 3 is 2.90 bits per heavy atom. The van der Waals surface area contributed by atoms with Crippen LogP contribution >= 0.6 is 0 Å². The second-order valence-corrected chi connectivity index (χ2v) is 2.68. The van der Waals surface area contributed by atoms with Crippen LogP contribution in [0.1, 0.15) is 20.3 Å². The summed E-state index contributed by atoms with van der Waals surface area (Å²) in [7, 11) is 0. The van der Waals surface area contributed by atoms with E-state index in [9.17, 15) is 0 Å². The summed E-state index contributed by atoms with van der Waals surface area (Å²) in [4.78, 5) is 4.19. The van der Waals surface area contributed by atoms with Crippen LogP contribution in [0.15, 0.2) is 28.3 Å². The Hall–Kier alpha value is -0.850. The summed E-state index contributed by atoms with van der Waals surface area (Å²) in [6.07, 6.45) is 7.10. The van der Waals surface area contributed by atoms with Gasteiger partial charge in [0, 0.05) is 6.21 Å². The summed E-state index contributed by atoms with van der Waals surface area (Å²) < 4.78 is 0. The number of hydrogen-bond donors (Lipinski definition) is 0. The summed E-state index contributed by atoms with van der Waals surface area (Å²) in [5, 5.41) is 0. The van der Waals surface area contributed by atoms with E-state index < -0.39 is 0 Å². The molecule has 0 aromatic rings. The predicted molar refractivity (Wildman–Crippen MR) is 45.5 cm³/mol. The normalized spacial score (nSPS) is 29.4. The molecule has 0 unspecified atom stereocenters. The van der Waals surface area contributed by atoms with Crippen LogP contribution in [0.4, 0.5) is 0 Å². The van der Waals surface area contributed by atoms with Gasteiger partial charge in [0.2, 0.25) is 0 Å². The molecule has 0 bridgehead atoms. The summed E-state index contributed by atoms with van der Waals surface area (Å²) >= 11 is 0. The quantitative estimate of drug-likeness (QED) is 0.452. The van der Waals surface area contributed by atoms with Crippen molar-refractivity contribution in [3.05, 3.63) is 23.3 Å². The fourth-order valence-electron chi connectivity index (χ4n) is 0.865. The molecule has 0 aromatic heterocycles. The molecule has 1 nitrogen and oxygen atoms in total. The zero-order valence-electron chi connectivity index (χ0n) is 6.59. The largest absolute Gasteiger partial charge is 0.289 e. The Labute approximate surface area is 62.2 Å². The van der Waals surface area contributed by atoms with Crippen LogP contribution < -0.4 is 0 Å². The maximum atomic E-state index is 4.19. The lowest BCUT2D eigenvalue weighted by molar-refractivity contribution is 1.05. The van der Waals surface area contributed by atoms with Gasteiger partial charge in [-0.05, 0) is 26.3 Å². The molecule has 1 aliphatic heterocycles. The molecule has 1 heteroatoms. The van der Waals surface area contributed by atoms with Crippen molar-refractivity contribution in [1.82, 2.24) is 0 Å². The minimum absolute atomic E-state index is 0.871.